The Morgan fingerprint density at radius 1 is 1.20 bits per heavy atom. The second-order valence-corrected chi connectivity index (χ2v) is 1.57. The van der Waals surface area contributed by atoms with E-state index in [4.69, 9.17) is 0 Å². The van der Waals surface area contributed by atoms with Gasteiger partial charge in [0.2, 0.25) is 0 Å². The SMILES string of the molecule is BrOBr.[Ag].[BiH3]. The van der Waals surface area contributed by atoms with Crippen molar-refractivity contribution in [2.75, 3.05) is 0 Å². The average molecular weight is 496 g/mol. The standard InChI is InChI=1S/Ag.Bi.Br2O.3H/c;;1-3-2;;;. The van der Waals surface area contributed by atoms with E-state index < -0.39 is 0 Å². The Morgan fingerprint density at radius 2 is 1.20 bits per heavy atom. The molecule has 0 aromatic heterocycles. The molecule has 0 aliphatic heterocycles. The van der Waals surface area contributed by atoms with Crippen LogP contribution >= 0.6 is 32.5 Å². The molecule has 0 N–H and O–H groups in total. The van der Waals surface area contributed by atoms with Gasteiger partial charge in [-0.3, -0.25) is 0 Å². The van der Waals surface area contributed by atoms with Gasteiger partial charge in [0.05, 0.1) is 0 Å². The molecule has 1 nitrogen and oxygen atoms in total. The number of hydrogen-bond donors (Lipinski definition) is 0. The fraction of sp³-hybridized carbons (Fsp3) is 0. The second-order valence-electron chi connectivity index (χ2n) is 0.0583. The van der Waals surface area contributed by atoms with Gasteiger partial charge >= 0.3 is 26.2 Å². The normalized spacial score (nSPS) is 3.60. The van der Waals surface area contributed by atoms with Crippen molar-refractivity contribution in [3.63, 3.8) is 0 Å². The van der Waals surface area contributed by atoms with Gasteiger partial charge in [0.1, 0.15) is 32.5 Å². The van der Waals surface area contributed by atoms with Crippen molar-refractivity contribution in [3.05, 3.63) is 0 Å². The van der Waals surface area contributed by atoms with Crippen LogP contribution in [0.15, 0.2) is 0 Å². The van der Waals surface area contributed by atoms with Gasteiger partial charge in [-0.05, 0) is 0 Å². The predicted octanol–water partition coefficient (Wildman–Crippen LogP) is 0.436. The Kier molecular flexibility index (Phi) is 50.1. The van der Waals surface area contributed by atoms with Crippen molar-refractivity contribution in [3.8, 4) is 0 Å². The molecule has 0 unspecified atom stereocenters. The van der Waals surface area contributed by atoms with Gasteiger partial charge in [0, 0.05) is 22.4 Å². The van der Waals surface area contributed by atoms with Crippen molar-refractivity contribution < 1.29 is 25.3 Å². The van der Waals surface area contributed by atoms with Gasteiger partial charge < -0.3 is 0 Å². The Hall–Kier alpha value is 2.54. The molecule has 0 aliphatic carbocycles. The molecule has 0 saturated heterocycles. The summed E-state index contributed by atoms with van der Waals surface area (Å²) in [6.07, 6.45) is 0. The van der Waals surface area contributed by atoms with E-state index in [9.17, 15) is 0 Å². The zero-order chi connectivity index (χ0) is 2.71. The summed E-state index contributed by atoms with van der Waals surface area (Å²) in [4.78, 5) is 0. The van der Waals surface area contributed by atoms with Crippen LogP contribution in [-0.2, 0) is 25.3 Å². The molecular weight excluding hydrogens is 493 g/mol. The van der Waals surface area contributed by atoms with Gasteiger partial charge in [-0.1, -0.05) is 0 Å². The zero-order valence-electron chi connectivity index (χ0n) is 2.17. The molecule has 1 radical (unpaired) electrons. The second kappa shape index (κ2) is 16.0. The fourth-order valence-corrected chi connectivity index (χ4v) is 0. The summed E-state index contributed by atoms with van der Waals surface area (Å²) in [6.45, 7) is 0. The summed E-state index contributed by atoms with van der Waals surface area (Å²) in [5, 5.41) is 0. The third-order valence-corrected chi connectivity index (χ3v) is 0. The topological polar surface area (TPSA) is 9.23 Å². The Bertz CT molecular complexity index is 9.61. The summed E-state index contributed by atoms with van der Waals surface area (Å²) in [5.74, 6) is 0. The first kappa shape index (κ1) is 15.6. The van der Waals surface area contributed by atoms with Crippen LogP contribution in [0.3, 0.4) is 0 Å². The van der Waals surface area contributed by atoms with Gasteiger partial charge in [0.15, 0.2) is 0 Å². The molecule has 39 valence electrons. The van der Waals surface area contributed by atoms with Crippen LogP contribution in [0, 0.1) is 0 Å². The van der Waals surface area contributed by atoms with E-state index in [2.05, 4.69) is 35.4 Å². The van der Waals surface area contributed by atoms with Crippen molar-refractivity contribution in [2.45, 2.75) is 0 Å². The maximum absolute atomic E-state index is 3.88. The molecule has 5 heteroatoms. The van der Waals surface area contributed by atoms with E-state index >= 15 is 0 Å². The molecule has 0 rings (SSSR count). The summed E-state index contributed by atoms with van der Waals surface area (Å²) in [7, 11) is 0. The molecule has 0 fully saturated rings. The van der Waals surface area contributed by atoms with E-state index in [1.54, 1.807) is 0 Å². The van der Waals surface area contributed by atoms with Crippen LogP contribution in [0.25, 0.3) is 0 Å². The third kappa shape index (κ3) is 20.9. The van der Waals surface area contributed by atoms with Crippen LogP contribution in [0.1, 0.15) is 0 Å². The van der Waals surface area contributed by atoms with Gasteiger partial charge in [-0.25, -0.2) is 2.92 Å². The summed E-state index contributed by atoms with van der Waals surface area (Å²) in [5.41, 5.74) is 0. The molecule has 0 atom stereocenters. The van der Waals surface area contributed by atoms with Gasteiger partial charge in [-0.15, -0.1) is 0 Å². The molecule has 0 aromatic rings. The molecule has 5 heavy (non-hydrogen) atoms. The van der Waals surface area contributed by atoms with Crippen LogP contribution in [-0.4, -0.2) is 26.2 Å². The van der Waals surface area contributed by atoms with Crippen LogP contribution in [0.5, 0.6) is 0 Å². The average Bonchev–Trinajstić information content (AvgIpc) is 0.918. The van der Waals surface area contributed by atoms with E-state index in [1.165, 1.54) is 0 Å². The minimum absolute atomic E-state index is 0. The molecule has 0 saturated carbocycles. The van der Waals surface area contributed by atoms with E-state index in [-0.39, 0.29) is 48.6 Å². The van der Waals surface area contributed by atoms with E-state index in [0.29, 0.717) is 0 Å². The minimum atomic E-state index is 0. The molecule has 0 spiro atoms. The van der Waals surface area contributed by atoms with Crippen molar-refractivity contribution in [1.82, 2.24) is 0 Å². The molecule has 0 bridgehead atoms. The van der Waals surface area contributed by atoms with Gasteiger partial charge in [-0.2, -0.15) is 0 Å². The number of hydrogen-bond acceptors (Lipinski definition) is 1. The zero-order valence-corrected chi connectivity index (χ0v) is 12.3. The van der Waals surface area contributed by atoms with Crippen molar-refractivity contribution in [2.24, 2.45) is 0 Å². The van der Waals surface area contributed by atoms with Crippen molar-refractivity contribution in [1.29, 1.82) is 0 Å². The fourth-order valence-electron chi connectivity index (χ4n) is 0. The van der Waals surface area contributed by atoms with Crippen LogP contribution in [0.4, 0.5) is 0 Å². The summed E-state index contributed by atoms with van der Waals surface area (Å²) < 4.78 is 3.88. The van der Waals surface area contributed by atoms with Crippen LogP contribution in [0.2, 0.25) is 0 Å². The quantitative estimate of drug-likeness (QED) is 0.443. The monoisotopic (exact) mass is 493 g/mol. The summed E-state index contributed by atoms with van der Waals surface area (Å²) in [6, 6.07) is 0. The molecule has 0 amide bonds. The summed E-state index contributed by atoms with van der Waals surface area (Å²) >= 11 is 5.12. The van der Waals surface area contributed by atoms with Gasteiger partial charge in [0.25, 0.3) is 0 Å². The first-order chi connectivity index (χ1) is 1.41. The third-order valence-electron chi connectivity index (χ3n) is 0. The number of rotatable bonds is 0. The first-order valence-electron chi connectivity index (χ1n) is 0.309. The van der Waals surface area contributed by atoms with Crippen LogP contribution < -0.4 is 0 Å². The van der Waals surface area contributed by atoms with Crippen molar-refractivity contribution >= 4 is 58.7 Å². The van der Waals surface area contributed by atoms with E-state index in [0.717, 1.165) is 0 Å². The van der Waals surface area contributed by atoms with E-state index in [1.807, 2.05) is 0 Å². The Balaban J connectivity index is -0.0000000200. The number of halogens is 2. The predicted molar refractivity (Wildman–Crippen MR) is 28.9 cm³/mol. The Labute approximate surface area is 82.8 Å². The Morgan fingerprint density at radius 3 is 1.20 bits per heavy atom. The molecular formula is H3AgBiBr2O. The molecule has 0 aromatic carbocycles. The molecule has 0 heterocycles. The maximum atomic E-state index is 3.88. The molecule has 0 aliphatic rings. The first-order valence-corrected chi connectivity index (χ1v) is 1.60.